The average Bonchev–Trinajstić information content (AvgIpc) is 2.58. The number of hydrogen-bond donors (Lipinski definition) is 2. The summed E-state index contributed by atoms with van der Waals surface area (Å²) in [5, 5.41) is 12.2. The summed E-state index contributed by atoms with van der Waals surface area (Å²) in [5.74, 6) is -0.465. The van der Waals surface area contributed by atoms with Crippen LogP contribution in [0.15, 0.2) is 0 Å². The zero-order valence-electron chi connectivity index (χ0n) is 8.75. The van der Waals surface area contributed by atoms with E-state index in [1.165, 1.54) is 0 Å². The van der Waals surface area contributed by atoms with Crippen LogP contribution in [-0.2, 0) is 4.79 Å². The van der Waals surface area contributed by atoms with E-state index < -0.39 is 11.5 Å². The second-order valence-electron chi connectivity index (χ2n) is 4.05. The molecule has 3 nitrogen and oxygen atoms in total. The van der Waals surface area contributed by atoms with Gasteiger partial charge in [0.25, 0.3) is 0 Å². The van der Waals surface area contributed by atoms with Gasteiger partial charge in [-0.2, -0.15) is 0 Å². The van der Waals surface area contributed by atoms with Crippen LogP contribution >= 0.6 is 0 Å². The third-order valence-corrected chi connectivity index (χ3v) is 3.41. The fourth-order valence-electron chi connectivity index (χ4n) is 2.55. The van der Waals surface area contributed by atoms with Crippen molar-refractivity contribution < 1.29 is 9.90 Å². The van der Waals surface area contributed by atoms with Crippen molar-refractivity contribution in [1.82, 2.24) is 5.32 Å². The maximum absolute atomic E-state index is 11.2. The molecule has 0 aromatic rings. The Hall–Kier alpha value is -0.505. The molecule has 2 atom stereocenters. The molecule has 1 aliphatic rings. The quantitative estimate of drug-likeness (QED) is 0.648. The minimum atomic E-state index is -0.709. The van der Waals surface area contributed by atoms with Crippen LogP contribution in [0.3, 0.4) is 0 Å². The lowest BCUT2D eigenvalue weighted by atomic mass is 9.82. The molecule has 0 saturated heterocycles. The van der Waals surface area contributed by atoms with Crippen molar-refractivity contribution in [2.24, 2.45) is 5.92 Å². The molecule has 0 heterocycles. The van der Waals surface area contributed by atoms with Crippen LogP contribution in [0, 0.1) is 5.92 Å². The van der Waals surface area contributed by atoms with Gasteiger partial charge in [-0.3, -0.25) is 4.79 Å². The van der Waals surface area contributed by atoms with Crippen molar-refractivity contribution in [3.63, 3.8) is 0 Å². The van der Waals surface area contributed by atoms with Crippen LogP contribution in [-0.4, -0.2) is 31.5 Å². The minimum Gasteiger partial charge on any atom is -0.480 e. The Bertz CT molecular complexity index is 210. The normalized spacial score (nSPS) is 31.9. The first-order chi connectivity index (χ1) is 6.67. The molecule has 4 heteroatoms. The fraction of sp³-hybridized carbons (Fsp3) is 0.900. The molecule has 2 radical (unpaired) electrons. The summed E-state index contributed by atoms with van der Waals surface area (Å²) in [4.78, 5) is 11.2. The molecule has 1 saturated carbocycles. The van der Waals surface area contributed by atoms with Crippen LogP contribution in [0.4, 0.5) is 0 Å². The molecule has 0 spiro atoms. The smallest absolute Gasteiger partial charge is 0.324 e. The molecule has 2 N–H and O–H groups in total. The van der Waals surface area contributed by atoms with E-state index in [1.807, 2.05) is 0 Å². The van der Waals surface area contributed by atoms with Crippen LogP contribution in [0.5, 0.6) is 0 Å². The molecule has 14 heavy (non-hydrogen) atoms. The summed E-state index contributed by atoms with van der Waals surface area (Å²) in [6.45, 7) is 0. The molecule has 0 aromatic heterocycles. The highest BCUT2D eigenvalue weighted by Gasteiger charge is 2.47. The van der Waals surface area contributed by atoms with E-state index in [0.717, 1.165) is 32.1 Å². The summed E-state index contributed by atoms with van der Waals surface area (Å²) in [6, 6.07) is 0. The Balaban J connectivity index is 2.67. The predicted octanol–water partition coefficient (Wildman–Crippen LogP) is 1.20. The first kappa shape index (κ1) is 11.6. The number of carboxylic acid groups (broad SMARTS) is 1. The van der Waals surface area contributed by atoms with Gasteiger partial charge in [-0.25, -0.2) is 0 Å². The Morgan fingerprint density at radius 1 is 1.71 bits per heavy atom. The second-order valence-corrected chi connectivity index (χ2v) is 4.05. The molecule has 78 valence electrons. The van der Waals surface area contributed by atoms with E-state index in [-0.39, 0.29) is 5.92 Å². The van der Waals surface area contributed by atoms with Crippen molar-refractivity contribution in [2.75, 3.05) is 7.05 Å². The Labute approximate surface area is 86.7 Å². The number of carbonyl (C=O) groups is 1. The summed E-state index contributed by atoms with van der Waals surface area (Å²) in [7, 11) is 7.19. The van der Waals surface area contributed by atoms with E-state index in [1.54, 1.807) is 7.05 Å². The molecule has 0 bridgehead atoms. The average molecular weight is 195 g/mol. The maximum atomic E-state index is 11.2. The topological polar surface area (TPSA) is 49.3 Å². The second kappa shape index (κ2) is 4.83. The van der Waals surface area contributed by atoms with Gasteiger partial charge in [0.2, 0.25) is 0 Å². The fourth-order valence-corrected chi connectivity index (χ4v) is 2.55. The van der Waals surface area contributed by atoms with Gasteiger partial charge in [0.15, 0.2) is 0 Å². The highest BCUT2D eigenvalue weighted by molar-refractivity contribution is 6.08. The minimum absolute atomic E-state index is 0.244. The van der Waals surface area contributed by atoms with Gasteiger partial charge in [0.1, 0.15) is 5.54 Å². The Kier molecular flexibility index (Phi) is 3.99. The van der Waals surface area contributed by atoms with Crippen LogP contribution in [0.1, 0.15) is 32.1 Å². The summed E-state index contributed by atoms with van der Waals surface area (Å²) >= 11 is 0. The van der Waals surface area contributed by atoms with Gasteiger partial charge >= 0.3 is 5.97 Å². The molecule has 0 unspecified atom stereocenters. The molecular formula is C10H18BNO2. The number of likely N-dealkylation sites (N-methyl/N-ethyl adjacent to an activating group) is 1. The van der Waals surface area contributed by atoms with Crippen molar-refractivity contribution in [3.05, 3.63) is 0 Å². The number of nitrogens with one attached hydrogen (secondary N) is 1. The Morgan fingerprint density at radius 2 is 2.43 bits per heavy atom. The van der Waals surface area contributed by atoms with Gasteiger partial charge in [0.05, 0.1) is 7.85 Å². The van der Waals surface area contributed by atoms with Crippen LogP contribution < -0.4 is 5.32 Å². The summed E-state index contributed by atoms with van der Waals surface area (Å²) in [5.41, 5.74) is -0.685. The lowest BCUT2D eigenvalue weighted by molar-refractivity contribution is -0.146. The number of rotatable bonds is 5. The van der Waals surface area contributed by atoms with E-state index in [0.29, 0.717) is 6.32 Å². The maximum Gasteiger partial charge on any atom is 0.324 e. The molecular weight excluding hydrogens is 177 g/mol. The first-order valence-electron chi connectivity index (χ1n) is 5.29. The van der Waals surface area contributed by atoms with Crippen molar-refractivity contribution in [3.8, 4) is 0 Å². The standard InChI is InChI=1S/C10H18BNO2/c1-12-10(9(13)14)6-2-4-8(10)5-3-7-11/h8,12H,2-7H2,1H3,(H,13,14)/t8-,10+/m1/s1. The molecule has 0 aromatic carbocycles. The molecule has 1 fully saturated rings. The van der Waals surface area contributed by atoms with Gasteiger partial charge in [0, 0.05) is 0 Å². The van der Waals surface area contributed by atoms with Gasteiger partial charge in [-0.15, -0.1) is 0 Å². The van der Waals surface area contributed by atoms with E-state index in [4.69, 9.17) is 7.85 Å². The zero-order valence-corrected chi connectivity index (χ0v) is 8.75. The molecule has 1 aliphatic carbocycles. The Morgan fingerprint density at radius 3 is 2.93 bits per heavy atom. The largest absolute Gasteiger partial charge is 0.480 e. The number of carboxylic acids is 1. The highest BCUT2D eigenvalue weighted by Crippen LogP contribution is 2.38. The zero-order chi connectivity index (χ0) is 10.6. The van der Waals surface area contributed by atoms with E-state index >= 15 is 0 Å². The van der Waals surface area contributed by atoms with Crippen molar-refractivity contribution >= 4 is 13.8 Å². The lowest BCUT2D eigenvalue weighted by Crippen LogP contribution is -2.53. The van der Waals surface area contributed by atoms with Gasteiger partial charge < -0.3 is 10.4 Å². The van der Waals surface area contributed by atoms with Gasteiger partial charge in [-0.1, -0.05) is 19.2 Å². The summed E-state index contributed by atoms with van der Waals surface area (Å²) in [6.07, 6.45) is 5.24. The van der Waals surface area contributed by atoms with Crippen LogP contribution in [0.2, 0.25) is 6.32 Å². The number of hydrogen-bond acceptors (Lipinski definition) is 2. The summed E-state index contributed by atoms with van der Waals surface area (Å²) < 4.78 is 0. The predicted molar refractivity (Wildman–Crippen MR) is 56.6 cm³/mol. The molecule has 0 aliphatic heterocycles. The van der Waals surface area contributed by atoms with Crippen LogP contribution in [0.25, 0.3) is 0 Å². The third kappa shape index (κ3) is 1.95. The third-order valence-electron chi connectivity index (χ3n) is 3.41. The van der Waals surface area contributed by atoms with Gasteiger partial charge in [-0.05, 0) is 32.2 Å². The first-order valence-corrected chi connectivity index (χ1v) is 5.29. The lowest BCUT2D eigenvalue weighted by Gasteiger charge is -2.31. The molecule has 0 amide bonds. The van der Waals surface area contributed by atoms with Crippen molar-refractivity contribution in [1.29, 1.82) is 0 Å². The SMILES string of the molecule is [B]CCC[C@H]1CCC[C@@]1(NC)C(=O)O. The van der Waals surface area contributed by atoms with E-state index in [9.17, 15) is 9.90 Å². The van der Waals surface area contributed by atoms with Crippen molar-refractivity contribution in [2.45, 2.75) is 44.0 Å². The van der Waals surface area contributed by atoms with E-state index in [2.05, 4.69) is 5.32 Å². The highest BCUT2D eigenvalue weighted by atomic mass is 16.4. The number of aliphatic carboxylic acids is 1. The monoisotopic (exact) mass is 195 g/mol. The molecule has 1 rings (SSSR count).